The van der Waals surface area contributed by atoms with Crippen LogP contribution in [0.2, 0.25) is 0 Å². The monoisotopic (exact) mass is 344 g/mol. The lowest BCUT2D eigenvalue weighted by Crippen LogP contribution is -2.35. The molecule has 2 N–H and O–H groups in total. The van der Waals surface area contributed by atoms with Crippen molar-refractivity contribution in [2.24, 2.45) is 7.05 Å². The fourth-order valence-corrected chi connectivity index (χ4v) is 4.19. The van der Waals surface area contributed by atoms with Crippen molar-refractivity contribution < 1.29 is 4.52 Å². The summed E-state index contributed by atoms with van der Waals surface area (Å²) >= 11 is 0. The minimum Gasteiger partial charge on any atom is -0.360 e. The third-order valence-electron chi connectivity index (χ3n) is 5.61. The maximum Gasteiger partial charge on any atom is 0.150 e. The van der Waals surface area contributed by atoms with E-state index in [9.17, 15) is 0 Å². The number of aromatic nitrogens is 3. The molecule has 0 bridgehead atoms. The van der Waals surface area contributed by atoms with E-state index in [-0.39, 0.29) is 0 Å². The second kappa shape index (κ2) is 7.27. The van der Waals surface area contributed by atoms with E-state index in [2.05, 4.69) is 50.4 Å². The summed E-state index contributed by atoms with van der Waals surface area (Å²) in [4.78, 5) is 6.65. The van der Waals surface area contributed by atoms with Crippen LogP contribution in [-0.4, -0.2) is 58.9 Å². The average Bonchev–Trinajstić information content (AvgIpc) is 3.33. The molecule has 7 heteroatoms. The predicted molar refractivity (Wildman–Crippen MR) is 95.4 cm³/mol. The van der Waals surface area contributed by atoms with Crippen molar-refractivity contribution in [2.75, 3.05) is 33.2 Å². The Hall–Kier alpha value is -1.70. The first-order chi connectivity index (χ1) is 12.2. The van der Waals surface area contributed by atoms with E-state index in [0.29, 0.717) is 17.9 Å². The number of piperidine rings is 1. The van der Waals surface area contributed by atoms with Crippen LogP contribution in [0.1, 0.15) is 41.8 Å². The summed E-state index contributed by atoms with van der Waals surface area (Å²) in [7, 11) is 4.24. The molecule has 2 atom stereocenters. The molecule has 0 spiro atoms. The van der Waals surface area contributed by atoms with Crippen molar-refractivity contribution in [1.29, 1.82) is 0 Å². The van der Waals surface area contributed by atoms with Gasteiger partial charge in [-0.25, -0.2) is 4.98 Å². The van der Waals surface area contributed by atoms with Crippen LogP contribution in [0.25, 0.3) is 0 Å². The quantitative estimate of drug-likeness (QED) is 0.845. The zero-order chi connectivity index (χ0) is 17.2. The molecule has 0 radical (unpaired) electrons. The normalized spacial score (nSPS) is 25.7. The Morgan fingerprint density at radius 1 is 1.28 bits per heavy atom. The molecule has 0 aliphatic carbocycles. The van der Waals surface area contributed by atoms with E-state index in [0.717, 1.165) is 57.0 Å². The summed E-state index contributed by atoms with van der Waals surface area (Å²) in [5.74, 6) is 1.93. The minimum atomic E-state index is 0.396. The smallest absolute Gasteiger partial charge is 0.150 e. The van der Waals surface area contributed by atoms with Crippen molar-refractivity contribution in [1.82, 2.24) is 30.2 Å². The van der Waals surface area contributed by atoms with Gasteiger partial charge in [-0.1, -0.05) is 5.16 Å². The van der Waals surface area contributed by atoms with Gasteiger partial charge in [-0.3, -0.25) is 0 Å². The number of hydrogen-bond donors (Lipinski definition) is 2. The summed E-state index contributed by atoms with van der Waals surface area (Å²) < 4.78 is 7.72. The van der Waals surface area contributed by atoms with Crippen LogP contribution in [-0.2, 0) is 13.6 Å². The van der Waals surface area contributed by atoms with E-state index in [1.54, 1.807) is 0 Å². The van der Waals surface area contributed by atoms with Gasteiger partial charge in [-0.05, 0) is 33.0 Å². The molecule has 4 rings (SSSR count). The number of likely N-dealkylation sites (tertiary alicyclic amines) is 1. The number of aryl methyl sites for hydroxylation is 1. The van der Waals surface area contributed by atoms with Gasteiger partial charge in [0.05, 0.1) is 18.6 Å². The molecule has 4 heterocycles. The second-order valence-electron chi connectivity index (χ2n) is 7.49. The Morgan fingerprint density at radius 3 is 2.88 bits per heavy atom. The highest BCUT2D eigenvalue weighted by Crippen LogP contribution is 2.27. The van der Waals surface area contributed by atoms with Gasteiger partial charge in [0.1, 0.15) is 0 Å². The Kier molecular flexibility index (Phi) is 4.87. The van der Waals surface area contributed by atoms with Gasteiger partial charge in [-0.2, -0.15) is 0 Å². The fraction of sp³-hybridized carbons (Fsp3) is 0.667. The van der Waals surface area contributed by atoms with Crippen LogP contribution in [0, 0.1) is 0 Å². The lowest BCUT2D eigenvalue weighted by molar-refractivity contribution is 0.342. The van der Waals surface area contributed by atoms with E-state index >= 15 is 0 Å². The summed E-state index contributed by atoms with van der Waals surface area (Å²) in [6.45, 7) is 4.96. The van der Waals surface area contributed by atoms with Gasteiger partial charge in [0.25, 0.3) is 0 Å². The molecular weight excluding hydrogens is 316 g/mol. The fourth-order valence-electron chi connectivity index (χ4n) is 4.19. The van der Waals surface area contributed by atoms with E-state index < -0.39 is 0 Å². The van der Waals surface area contributed by atoms with Crippen LogP contribution < -0.4 is 10.6 Å². The van der Waals surface area contributed by atoms with Gasteiger partial charge in [0, 0.05) is 56.0 Å². The molecule has 0 aromatic carbocycles. The average molecular weight is 344 g/mol. The predicted octanol–water partition coefficient (Wildman–Crippen LogP) is 1.06. The van der Waals surface area contributed by atoms with Gasteiger partial charge in [0.2, 0.25) is 0 Å². The van der Waals surface area contributed by atoms with Crippen LogP contribution in [0.15, 0.2) is 23.1 Å². The van der Waals surface area contributed by atoms with Crippen molar-refractivity contribution in [2.45, 2.75) is 37.3 Å². The van der Waals surface area contributed by atoms with Crippen LogP contribution in [0.4, 0.5) is 0 Å². The first kappa shape index (κ1) is 16.8. The van der Waals surface area contributed by atoms with E-state index in [4.69, 9.17) is 4.52 Å². The standard InChI is InChI=1S/C18H28N6O/c1-23-10-15(18-9-20-12-24(18)2)17(11-23)21-8-14-7-16(22-25-14)13-3-5-19-6-4-13/h7,9,12-13,15,17,19,21H,3-6,8,10-11H2,1-2H3/t15-,17-/m1/s1. The molecule has 2 saturated heterocycles. The molecule has 2 aliphatic heterocycles. The van der Waals surface area contributed by atoms with Crippen LogP contribution in [0.3, 0.4) is 0 Å². The number of likely N-dealkylation sites (N-methyl/N-ethyl adjacent to an activating group) is 1. The van der Waals surface area contributed by atoms with Crippen molar-refractivity contribution in [3.8, 4) is 0 Å². The second-order valence-corrected chi connectivity index (χ2v) is 7.49. The highest BCUT2D eigenvalue weighted by atomic mass is 16.5. The van der Waals surface area contributed by atoms with E-state index in [1.165, 1.54) is 5.69 Å². The van der Waals surface area contributed by atoms with Gasteiger partial charge < -0.3 is 24.6 Å². The number of nitrogens with zero attached hydrogens (tertiary/aromatic N) is 4. The zero-order valence-corrected chi connectivity index (χ0v) is 15.1. The molecule has 25 heavy (non-hydrogen) atoms. The first-order valence-corrected chi connectivity index (χ1v) is 9.25. The SMILES string of the molecule is CN1C[C@@H](NCc2cc(C3CCNCC3)no2)[C@H](c2cncn2C)C1. The summed E-state index contributed by atoms with van der Waals surface area (Å²) in [6.07, 6.45) is 6.17. The number of hydrogen-bond acceptors (Lipinski definition) is 6. The van der Waals surface area contributed by atoms with Crippen molar-refractivity contribution in [3.05, 3.63) is 35.7 Å². The maximum atomic E-state index is 5.59. The zero-order valence-electron chi connectivity index (χ0n) is 15.1. The minimum absolute atomic E-state index is 0.396. The Balaban J connectivity index is 1.38. The van der Waals surface area contributed by atoms with Crippen molar-refractivity contribution in [3.63, 3.8) is 0 Å². The molecule has 136 valence electrons. The lowest BCUT2D eigenvalue weighted by atomic mass is 9.94. The van der Waals surface area contributed by atoms with Crippen LogP contribution in [0.5, 0.6) is 0 Å². The Labute approximate surface area is 148 Å². The highest BCUT2D eigenvalue weighted by molar-refractivity contribution is 5.15. The number of nitrogens with one attached hydrogen (secondary N) is 2. The van der Waals surface area contributed by atoms with E-state index in [1.807, 2.05) is 12.5 Å². The molecule has 2 aromatic heterocycles. The van der Waals surface area contributed by atoms with Gasteiger partial charge >= 0.3 is 0 Å². The topological polar surface area (TPSA) is 71.2 Å². The summed E-state index contributed by atoms with van der Waals surface area (Å²) in [5.41, 5.74) is 2.40. The Morgan fingerprint density at radius 2 is 2.12 bits per heavy atom. The molecule has 2 aliphatic rings. The molecule has 2 aromatic rings. The molecule has 0 unspecified atom stereocenters. The van der Waals surface area contributed by atoms with Gasteiger partial charge in [0.15, 0.2) is 5.76 Å². The molecular formula is C18H28N6O. The molecule has 2 fully saturated rings. The Bertz CT molecular complexity index is 689. The number of rotatable bonds is 5. The molecule has 7 nitrogen and oxygen atoms in total. The molecule has 0 amide bonds. The third kappa shape index (κ3) is 3.63. The summed E-state index contributed by atoms with van der Waals surface area (Å²) in [6, 6.07) is 2.54. The number of imidazole rings is 1. The summed E-state index contributed by atoms with van der Waals surface area (Å²) in [5, 5.41) is 11.4. The highest BCUT2D eigenvalue weighted by Gasteiger charge is 2.33. The molecule has 0 saturated carbocycles. The van der Waals surface area contributed by atoms with Crippen LogP contribution >= 0.6 is 0 Å². The first-order valence-electron chi connectivity index (χ1n) is 9.25. The lowest BCUT2D eigenvalue weighted by Gasteiger charge is -2.20. The van der Waals surface area contributed by atoms with Crippen molar-refractivity contribution >= 4 is 0 Å². The largest absolute Gasteiger partial charge is 0.360 e. The van der Waals surface area contributed by atoms with Gasteiger partial charge in [-0.15, -0.1) is 0 Å². The third-order valence-corrected chi connectivity index (χ3v) is 5.61. The maximum absolute atomic E-state index is 5.59.